The molecule has 0 bridgehead atoms. The van der Waals surface area contributed by atoms with Crippen molar-refractivity contribution in [1.29, 1.82) is 0 Å². The molecule has 0 spiro atoms. The third kappa shape index (κ3) is 4.14. The van der Waals surface area contributed by atoms with Crippen LogP contribution in [0.1, 0.15) is 40.0 Å². The number of benzene rings is 3. The van der Waals surface area contributed by atoms with Crippen LogP contribution in [0.3, 0.4) is 0 Å². The molecule has 30 heavy (non-hydrogen) atoms. The van der Waals surface area contributed by atoms with Crippen molar-refractivity contribution in [2.45, 2.75) is 25.9 Å². The normalized spacial score (nSPS) is 12.2. The SMILES string of the molecule is C[C@@H](CNCc1c(C(=O)O)n(Cc2ccccc2)c2ccccc12)c1ccccc1. The van der Waals surface area contributed by atoms with Crippen molar-refractivity contribution in [1.82, 2.24) is 9.88 Å². The van der Waals surface area contributed by atoms with Crippen LogP contribution >= 0.6 is 0 Å². The van der Waals surface area contributed by atoms with Gasteiger partial charge in [0, 0.05) is 36.1 Å². The third-order valence-corrected chi connectivity index (χ3v) is 5.58. The van der Waals surface area contributed by atoms with Gasteiger partial charge in [0.25, 0.3) is 0 Å². The minimum atomic E-state index is -0.893. The van der Waals surface area contributed by atoms with Gasteiger partial charge in [-0.05, 0) is 23.1 Å². The van der Waals surface area contributed by atoms with Gasteiger partial charge in [-0.1, -0.05) is 85.8 Å². The molecule has 0 saturated heterocycles. The second kappa shape index (κ2) is 8.97. The number of hydrogen-bond donors (Lipinski definition) is 2. The predicted octanol–water partition coefficient (Wildman–Crippen LogP) is 5.28. The standard InChI is InChI=1S/C26H26N2O2/c1-19(21-12-6-3-7-13-21)16-27-17-23-22-14-8-9-15-24(22)28(25(23)26(29)30)18-20-10-4-2-5-11-20/h2-15,19,27H,16-18H2,1H3,(H,29,30)/t19-/m0/s1. The Morgan fingerprint density at radius 1 is 0.933 bits per heavy atom. The summed E-state index contributed by atoms with van der Waals surface area (Å²) in [6, 6.07) is 28.3. The second-order valence-electron chi connectivity index (χ2n) is 7.66. The molecule has 4 nitrogen and oxygen atoms in total. The van der Waals surface area contributed by atoms with Crippen LogP contribution in [-0.2, 0) is 13.1 Å². The van der Waals surface area contributed by atoms with Gasteiger partial charge >= 0.3 is 5.97 Å². The number of fused-ring (bicyclic) bond motifs is 1. The van der Waals surface area contributed by atoms with Crippen molar-refractivity contribution in [2.24, 2.45) is 0 Å². The lowest BCUT2D eigenvalue weighted by molar-refractivity contribution is 0.0685. The summed E-state index contributed by atoms with van der Waals surface area (Å²) >= 11 is 0. The van der Waals surface area contributed by atoms with Gasteiger partial charge in [-0.15, -0.1) is 0 Å². The van der Waals surface area contributed by atoms with Crippen LogP contribution in [0.2, 0.25) is 0 Å². The Balaban J connectivity index is 1.64. The highest BCUT2D eigenvalue weighted by Crippen LogP contribution is 2.28. The maximum Gasteiger partial charge on any atom is 0.352 e. The molecule has 4 rings (SSSR count). The topological polar surface area (TPSA) is 54.3 Å². The van der Waals surface area contributed by atoms with Gasteiger partial charge in [0.15, 0.2) is 0 Å². The molecule has 4 heteroatoms. The number of aromatic nitrogens is 1. The highest BCUT2D eigenvalue weighted by Gasteiger charge is 2.22. The number of carboxylic acids is 1. The van der Waals surface area contributed by atoms with Crippen molar-refractivity contribution in [2.75, 3.05) is 6.54 Å². The monoisotopic (exact) mass is 398 g/mol. The maximum absolute atomic E-state index is 12.3. The first-order valence-corrected chi connectivity index (χ1v) is 10.3. The zero-order valence-corrected chi connectivity index (χ0v) is 17.1. The fourth-order valence-corrected chi connectivity index (χ4v) is 4.04. The van der Waals surface area contributed by atoms with E-state index in [-0.39, 0.29) is 0 Å². The first-order chi connectivity index (χ1) is 14.6. The lowest BCUT2D eigenvalue weighted by atomic mass is 10.0. The summed E-state index contributed by atoms with van der Waals surface area (Å²) < 4.78 is 1.92. The Kier molecular flexibility index (Phi) is 5.96. The Hall–Kier alpha value is -3.37. The molecule has 2 N–H and O–H groups in total. The van der Waals surface area contributed by atoms with Crippen LogP contribution in [0.5, 0.6) is 0 Å². The Morgan fingerprint density at radius 2 is 1.57 bits per heavy atom. The first-order valence-electron chi connectivity index (χ1n) is 10.3. The summed E-state index contributed by atoms with van der Waals surface area (Å²) in [7, 11) is 0. The lowest BCUT2D eigenvalue weighted by Crippen LogP contribution is -2.21. The van der Waals surface area contributed by atoms with Crippen LogP contribution in [-0.4, -0.2) is 22.2 Å². The van der Waals surface area contributed by atoms with Crippen molar-refractivity contribution in [3.8, 4) is 0 Å². The molecule has 0 fully saturated rings. The number of rotatable bonds is 8. The van der Waals surface area contributed by atoms with Crippen molar-refractivity contribution in [3.05, 3.63) is 107 Å². The summed E-state index contributed by atoms with van der Waals surface area (Å²) in [4.78, 5) is 12.3. The van der Waals surface area contributed by atoms with Crippen molar-refractivity contribution < 1.29 is 9.90 Å². The molecule has 4 aromatic rings. The molecule has 1 aromatic heterocycles. The fraction of sp³-hybridized carbons (Fsp3) is 0.192. The highest BCUT2D eigenvalue weighted by molar-refractivity contribution is 5.98. The molecule has 0 unspecified atom stereocenters. The lowest BCUT2D eigenvalue weighted by Gasteiger charge is -2.13. The van der Waals surface area contributed by atoms with Gasteiger partial charge in [0.1, 0.15) is 5.69 Å². The fourth-order valence-electron chi connectivity index (χ4n) is 4.04. The molecular weight excluding hydrogens is 372 g/mol. The number of para-hydroxylation sites is 1. The van der Waals surface area contributed by atoms with Gasteiger partial charge in [-0.2, -0.15) is 0 Å². The molecule has 3 aromatic carbocycles. The number of aromatic carboxylic acids is 1. The molecule has 1 atom stereocenters. The van der Waals surface area contributed by atoms with Crippen LogP contribution in [0, 0.1) is 0 Å². The van der Waals surface area contributed by atoms with E-state index in [1.54, 1.807) is 0 Å². The Bertz CT molecular complexity index is 1130. The third-order valence-electron chi connectivity index (χ3n) is 5.58. The van der Waals surface area contributed by atoms with E-state index in [1.165, 1.54) is 5.56 Å². The average molecular weight is 399 g/mol. The summed E-state index contributed by atoms with van der Waals surface area (Å²) in [6.45, 7) is 4.00. The van der Waals surface area contributed by atoms with Gasteiger partial charge in [-0.25, -0.2) is 4.79 Å². The Labute approximate surface area is 176 Å². The predicted molar refractivity (Wildman–Crippen MR) is 121 cm³/mol. The Morgan fingerprint density at radius 3 is 2.27 bits per heavy atom. The zero-order valence-electron chi connectivity index (χ0n) is 17.1. The second-order valence-corrected chi connectivity index (χ2v) is 7.66. The van der Waals surface area contributed by atoms with E-state index in [9.17, 15) is 9.90 Å². The molecule has 1 heterocycles. The van der Waals surface area contributed by atoms with E-state index in [0.29, 0.717) is 24.7 Å². The van der Waals surface area contributed by atoms with Crippen LogP contribution < -0.4 is 5.32 Å². The number of carbonyl (C=O) groups is 1. The number of hydrogen-bond acceptors (Lipinski definition) is 2. The average Bonchev–Trinajstić information content (AvgIpc) is 3.09. The van der Waals surface area contributed by atoms with E-state index in [2.05, 4.69) is 24.4 Å². The molecule has 0 amide bonds. The smallest absolute Gasteiger partial charge is 0.352 e. The van der Waals surface area contributed by atoms with Crippen LogP contribution in [0.15, 0.2) is 84.9 Å². The number of nitrogens with one attached hydrogen (secondary N) is 1. The first kappa shape index (κ1) is 19.9. The van der Waals surface area contributed by atoms with Gasteiger partial charge < -0.3 is 15.0 Å². The molecule has 0 aliphatic heterocycles. The molecule has 152 valence electrons. The van der Waals surface area contributed by atoms with E-state index in [0.717, 1.165) is 28.6 Å². The molecule has 0 saturated carbocycles. The van der Waals surface area contributed by atoms with E-state index in [4.69, 9.17) is 0 Å². The number of carboxylic acid groups (broad SMARTS) is 1. The summed E-state index contributed by atoms with van der Waals surface area (Å²) in [5.74, 6) is -0.549. The van der Waals surface area contributed by atoms with E-state index >= 15 is 0 Å². The molecule has 0 aliphatic carbocycles. The quantitative estimate of drug-likeness (QED) is 0.424. The van der Waals surface area contributed by atoms with E-state index in [1.807, 2.05) is 77.4 Å². The summed E-state index contributed by atoms with van der Waals surface area (Å²) in [6.07, 6.45) is 0. The van der Waals surface area contributed by atoms with Crippen molar-refractivity contribution in [3.63, 3.8) is 0 Å². The number of nitrogens with zero attached hydrogens (tertiary/aromatic N) is 1. The van der Waals surface area contributed by atoms with Gasteiger partial charge in [0.2, 0.25) is 0 Å². The highest BCUT2D eigenvalue weighted by atomic mass is 16.4. The molecular formula is C26H26N2O2. The maximum atomic E-state index is 12.3. The largest absolute Gasteiger partial charge is 0.477 e. The van der Waals surface area contributed by atoms with Crippen LogP contribution in [0.4, 0.5) is 0 Å². The summed E-state index contributed by atoms with van der Waals surface area (Å²) in [5, 5.41) is 14.5. The van der Waals surface area contributed by atoms with Crippen molar-refractivity contribution >= 4 is 16.9 Å². The zero-order chi connectivity index (χ0) is 20.9. The van der Waals surface area contributed by atoms with Crippen LogP contribution in [0.25, 0.3) is 10.9 Å². The minimum absolute atomic E-state index is 0.345. The molecule has 0 aliphatic rings. The minimum Gasteiger partial charge on any atom is -0.477 e. The molecule has 0 radical (unpaired) electrons. The summed E-state index contributed by atoms with van der Waals surface area (Å²) in [5.41, 5.74) is 4.51. The van der Waals surface area contributed by atoms with Gasteiger partial charge in [0.05, 0.1) is 0 Å². The van der Waals surface area contributed by atoms with Gasteiger partial charge in [-0.3, -0.25) is 0 Å². The van der Waals surface area contributed by atoms with E-state index < -0.39 is 5.97 Å².